The number of alkyl halides is 3. The molecule has 2 radical (unpaired) electrons. The van der Waals surface area contributed by atoms with Crippen molar-refractivity contribution in [1.29, 1.82) is 0 Å². The fourth-order valence-electron chi connectivity index (χ4n) is 1.38. The topological polar surface area (TPSA) is 36.8 Å². The van der Waals surface area contributed by atoms with Gasteiger partial charge in [0.1, 0.15) is 5.71 Å². The van der Waals surface area contributed by atoms with E-state index in [1.54, 1.807) is 0 Å². The Morgan fingerprint density at radius 3 is 2.93 bits per heavy atom. The van der Waals surface area contributed by atoms with Crippen LogP contribution in [0.25, 0.3) is 0 Å². The van der Waals surface area contributed by atoms with Crippen LogP contribution in [0.2, 0.25) is 0 Å². The van der Waals surface area contributed by atoms with E-state index < -0.39 is 23.8 Å². The van der Waals surface area contributed by atoms with Crippen molar-refractivity contribution in [3.63, 3.8) is 0 Å². The molecule has 14 heavy (non-hydrogen) atoms. The molecule has 0 aromatic heterocycles. The Balaban J connectivity index is 2.30. The summed E-state index contributed by atoms with van der Waals surface area (Å²) in [5, 5.41) is 2.59. The summed E-state index contributed by atoms with van der Waals surface area (Å²) in [5.74, 6) is -0.797. The second-order valence-corrected chi connectivity index (χ2v) is 2.94. The van der Waals surface area contributed by atoms with E-state index in [0.29, 0.717) is 0 Å². The summed E-state index contributed by atoms with van der Waals surface area (Å²) in [7, 11) is 0. The summed E-state index contributed by atoms with van der Waals surface area (Å²) in [5.41, 5.74) is -0.830. The van der Waals surface area contributed by atoms with Crippen LogP contribution >= 0.6 is 0 Å². The van der Waals surface area contributed by atoms with Crippen molar-refractivity contribution in [3.8, 4) is 0 Å². The molecule has 0 amide bonds. The number of hydrogen-bond acceptors (Lipinski definition) is 3. The first-order valence-electron chi connectivity index (χ1n) is 3.94. The minimum absolute atomic E-state index is 0.492. The Labute approximate surface area is 78.4 Å². The Kier molecular flexibility index (Phi) is 2.14. The first-order chi connectivity index (χ1) is 6.59. The standard InChI is InChI=1S/C8H6F3N3/c9-8(10,11)7-5-1-2-12-3-6(5)13-4-14-7/h1-3,5-6,13H. The molecule has 2 heterocycles. The van der Waals surface area contributed by atoms with Gasteiger partial charge in [-0.2, -0.15) is 13.2 Å². The molecule has 2 aliphatic heterocycles. The van der Waals surface area contributed by atoms with Gasteiger partial charge in [-0.15, -0.1) is 0 Å². The molecule has 0 saturated carbocycles. The van der Waals surface area contributed by atoms with Gasteiger partial charge in [0.15, 0.2) is 6.67 Å². The minimum Gasteiger partial charge on any atom is -0.278 e. The molecule has 2 atom stereocenters. The fourth-order valence-corrected chi connectivity index (χ4v) is 1.38. The Bertz CT molecular complexity index is 316. The van der Waals surface area contributed by atoms with Gasteiger partial charge >= 0.3 is 6.18 Å². The highest BCUT2D eigenvalue weighted by molar-refractivity contribution is 5.97. The van der Waals surface area contributed by atoms with Gasteiger partial charge in [-0.05, 0) is 0 Å². The van der Waals surface area contributed by atoms with Crippen LogP contribution in [0.4, 0.5) is 13.2 Å². The van der Waals surface area contributed by atoms with E-state index in [-0.39, 0.29) is 0 Å². The number of fused-ring (bicyclic) bond motifs is 1. The molecule has 0 aromatic rings. The SMILES string of the molecule is FC(F)(F)C1=N[C]NC2C=NC=CC12. The first kappa shape index (κ1) is 9.39. The van der Waals surface area contributed by atoms with Gasteiger partial charge in [-0.1, -0.05) is 6.08 Å². The lowest BCUT2D eigenvalue weighted by Gasteiger charge is -2.29. The number of halogens is 3. The van der Waals surface area contributed by atoms with E-state index >= 15 is 0 Å². The summed E-state index contributed by atoms with van der Waals surface area (Å²) in [6.07, 6.45) is -0.272. The summed E-state index contributed by atoms with van der Waals surface area (Å²) >= 11 is 0. The molecule has 1 N–H and O–H groups in total. The summed E-state index contributed by atoms with van der Waals surface area (Å²) in [4.78, 5) is 6.95. The van der Waals surface area contributed by atoms with Gasteiger partial charge in [0.05, 0.1) is 6.04 Å². The number of nitrogens with zero attached hydrogens (tertiary/aromatic N) is 2. The summed E-state index contributed by atoms with van der Waals surface area (Å²) < 4.78 is 37.3. The lowest BCUT2D eigenvalue weighted by atomic mass is 9.92. The van der Waals surface area contributed by atoms with E-state index in [1.807, 2.05) is 0 Å². The van der Waals surface area contributed by atoms with Gasteiger partial charge in [0, 0.05) is 18.3 Å². The zero-order chi connectivity index (χ0) is 10.2. The second kappa shape index (κ2) is 3.20. The van der Waals surface area contributed by atoms with Crippen LogP contribution < -0.4 is 5.32 Å². The molecule has 2 aliphatic rings. The van der Waals surface area contributed by atoms with Gasteiger partial charge in [-0.3, -0.25) is 15.3 Å². The average Bonchev–Trinajstić information content (AvgIpc) is 2.15. The van der Waals surface area contributed by atoms with E-state index in [4.69, 9.17) is 0 Å². The van der Waals surface area contributed by atoms with Crippen LogP contribution in [0, 0.1) is 12.6 Å². The van der Waals surface area contributed by atoms with Crippen molar-refractivity contribution in [3.05, 3.63) is 18.9 Å². The van der Waals surface area contributed by atoms with Crippen molar-refractivity contribution in [2.45, 2.75) is 12.2 Å². The van der Waals surface area contributed by atoms with Gasteiger partial charge in [0.25, 0.3) is 0 Å². The first-order valence-corrected chi connectivity index (χ1v) is 3.94. The molecular formula is C8H6F3N3. The normalized spacial score (nSPS) is 31.2. The van der Waals surface area contributed by atoms with E-state index in [1.165, 1.54) is 18.5 Å². The predicted molar refractivity (Wildman–Crippen MR) is 44.8 cm³/mol. The molecule has 74 valence electrons. The van der Waals surface area contributed by atoms with Crippen molar-refractivity contribution in [2.75, 3.05) is 0 Å². The van der Waals surface area contributed by atoms with Crippen molar-refractivity contribution in [2.24, 2.45) is 15.9 Å². The molecule has 0 aliphatic carbocycles. The van der Waals surface area contributed by atoms with Crippen molar-refractivity contribution >= 4 is 11.9 Å². The fraction of sp³-hybridized carbons (Fsp3) is 0.375. The molecule has 2 unspecified atom stereocenters. The Morgan fingerprint density at radius 1 is 1.43 bits per heavy atom. The van der Waals surface area contributed by atoms with E-state index in [9.17, 15) is 13.2 Å². The van der Waals surface area contributed by atoms with Crippen LogP contribution in [0.1, 0.15) is 0 Å². The van der Waals surface area contributed by atoms with Crippen molar-refractivity contribution < 1.29 is 13.2 Å². The van der Waals surface area contributed by atoms with Crippen LogP contribution in [-0.4, -0.2) is 24.1 Å². The van der Waals surface area contributed by atoms with Crippen LogP contribution in [0.15, 0.2) is 22.3 Å². The zero-order valence-corrected chi connectivity index (χ0v) is 6.92. The lowest BCUT2D eigenvalue weighted by Crippen LogP contribution is -2.48. The quantitative estimate of drug-likeness (QED) is 0.627. The third-order valence-electron chi connectivity index (χ3n) is 2.03. The second-order valence-electron chi connectivity index (χ2n) is 2.94. The molecule has 0 spiro atoms. The average molecular weight is 201 g/mol. The van der Waals surface area contributed by atoms with Crippen LogP contribution in [0.3, 0.4) is 0 Å². The number of rotatable bonds is 0. The molecule has 0 fully saturated rings. The van der Waals surface area contributed by atoms with E-state index in [0.717, 1.165) is 0 Å². The highest BCUT2D eigenvalue weighted by atomic mass is 19.4. The molecular weight excluding hydrogens is 195 g/mol. The maximum Gasteiger partial charge on any atom is 0.429 e. The maximum absolute atomic E-state index is 12.4. The molecule has 0 saturated heterocycles. The number of nitrogens with one attached hydrogen (secondary N) is 1. The monoisotopic (exact) mass is 201 g/mol. The highest BCUT2D eigenvalue weighted by Gasteiger charge is 2.44. The predicted octanol–water partition coefficient (Wildman–Crippen LogP) is 1.17. The largest absolute Gasteiger partial charge is 0.429 e. The lowest BCUT2D eigenvalue weighted by molar-refractivity contribution is -0.0629. The minimum atomic E-state index is -4.41. The zero-order valence-electron chi connectivity index (χ0n) is 6.92. The smallest absolute Gasteiger partial charge is 0.278 e. The summed E-state index contributed by atoms with van der Waals surface area (Å²) in [6, 6.07) is -0.492. The Morgan fingerprint density at radius 2 is 2.21 bits per heavy atom. The Hall–Kier alpha value is -1.17. The molecule has 6 heteroatoms. The van der Waals surface area contributed by atoms with Gasteiger partial charge in [0.2, 0.25) is 0 Å². The summed E-state index contributed by atoms with van der Waals surface area (Å²) in [6.45, 7) is 2.13. The molecule has 3 nitrogen and oxygen atoms in total. The van der Waals surface area contributed by atoms with Gasteiger partial charge in [-0.25, -0.2) is 0 Å². The maximum atomic E-state index is 12.4. The van der Waals surface area contributed by atoms with E-state index in [2.05, 4.69) is 22.0 Å². The van der Waals surface area contributed by atoms with Crippen molar-refractivity contribution in [1.82, 2.24) is 5.32 Å². The third kappa shape index (κ3) is 1.57. The molecule has 0 aromatic carbocycles. The molecule has 2 rings (SSSR count). The van der Waals surface area contributed by atoms with Crippen LogP contribution in [-0.2, 0) is 0 Å². The van der Waals surface area contributed by atoms with Crippen LogP contribution in [0.5, 0.6) is 0 Å². The van der Waals surface area contributed by atoms with Gasteiger partial charge < -0.3 is 0 Å². The third-order valence-corrected chi connectivity index (χ3v) is 2.03. The highest BCUT2D eigenvalue weighted by Crippen LogP contribution is 2.28. The number of hydrogen-bond donors (Lipinski definition) is 1. The molecule has 0 bridgehead atoms. The number of aliphatic imine (C=N–C) groups is 2.